The number of nitrogens with zero attached hydrogens (tertiary/aromatic N) is 2. The van der Waals surface area contributed by atoms with Crippen LogP contribution in [0.5, 0.6) is 0 Å². The lowest BCUT2D eigenvalue weighted by Gasteiger charge is -2.17. The van der Waals surface area contributed by atoms with E-state index in [1.807, 2.05) is 24.3 Å². The van der Waals surface area contributed by atoms with E-state index in [0.717, 1.165) is 31.4 Å². The van der Waals surface area contributed by atoms with Crippen molar-refractivity contribution in [1.29, 1.82) is 0 Å². The van der Waals surface area contributed by atoms with Crippen LogP contribution in [0.1, 0.15) is 58.5 Å². The van der Waals surface area contributed by atoms with E-state index in [9.17, 15) is 9.59 Å². The fourth-order valence-electron chi connectivity index (χ4n) is 3.95. The van der Waals surface area contributed by atoms with Crippen molar-refractivity contribution in [2.45, 2.75) is 38.5 Å². The van der Waals surface area contributed by atoms with Crippen molar-refractivity contribution in [3.63, 3.8) is 0 Å². The first kappa shape index (κ1) is 18.4. The zero-order valence-corrected chi connectivity index (χ0v) is 16.0. The van der Waals surface area contributed by atoms with Crippen LogP contribution in [0.15, 0.2) is 54.2 Å². The van der Waals surface area contributed by atoms with Gasteiger partial charge < -0.3 is 10.2 Å². The van der Waals surface area contributed by atoms with Gasteiger partial charge in [-0.2, -0.15) is 0 Å². The molecule has 1 aromatic heterocycles. The van der Waals surface area contributed by atoms with Crippen LogP contribution >= 0.6 is 0 Å². The third-order valence-corrected chi connectivity index (χ3v) is 5.49. The molecule has 2 aromatic rings. The summed E-state index contributed by atoms with van der Waals surface area (Å²) in [4.78, 5) is 31.4. The maximum Gasteiger partial charge on any atom is 0.276 e. The maximum atomic E-state index is 12.9. The number of hydrogen-bond donors (Lipinski definition) is 1. The number of para-hydroxylation sites is 1. The largest absolute Gasteiger partial charge is 0.352 e. The molecule has 1 N–H and O–H groups in total. The first-order valence-electron chi connectivity index (χ1n) is 10.0. The Morgan fingerprint density at radius 1 is 1.11 bits per heavy atom. The Kier molecular flexibility index (Phi) is 5.51. The molecule has 0 spiro atoms. The molecule has 0 bridgehead atoms. The highest BCUT2D eigenvalue weighted by molar-refractivity contribution is 6.07. The molecule has 0 radical (unpaired) electrons. The molecule has 0 atom stereocenters. The van der Waals surface area contributed by atoms with E-state index in [2.05, 4.69) is 16.4 Å². The van der Waals surface area contributed by atoms with E-state index in [1.165, 1.54) is 30.2 Å². The number of benzene rings is 1. The molecule has 0 unspecified atom stereocenters. The van der Waals surface area contributed by atoms with Gasteiger partial charge in [0.15, 0.2) is 0 Å². The molecule has 28 heavy (non-hydrogen) atoms. The Labute approximate surface area is 165 Å². The molecule has 1 aliphatic heterocycles. The fourth-order valence-corrected chi connectivity index (χ4v) is 3.95. The van der Waals surface area contributed by atoms with Gasteiger partial charge in [0.2, 0.25) is 0 Å². The number of amides is 2. The Morgan fingerprint density at radius 2 is 2.00 bits per heavy atom. The highest BCUT2D eigenvalue weighted by Crippen LogP contribution is 2.28. The van der Waals surface area contributed by atoms with Gasteiger partial charge in [-0.05, 0) is 62.3 Å². The number of anilines is 1. The number of aromatic nitrogens is 1. The summed E-state index contributed by atoms with van der Waals surface area (Å²) in [6, 6.07) is 11.2. The van der Waals surface area contributed by atoms with Crippen LogP contribution in [0, 0.1) is 0 Å². The van der Waals surface area contributed by atoms with E-state index >= 15 is 0 Å². The molecule has 2 amide bonds. The summed E-state index contributed by atoms with van der Waals surface area (Å²) < 4.78 is 0. The molecular formula is C23H25N3O2. The lowest BCUT2D eigenvalue weighted by Crippen LogP contribution is -2.30. The third-order valence-electron chi connectivity index (χ3n) is 5.49. The molecular weight excluding hydrogens is 350 g/mol. The number of nitrogens with one attached hydrogen (secondary N) is 1. The lowest BCUT2D eigenvalue weighted by molar-refractivity contribution is 0.0954. The zero-order valence-electron chi connectivity index (χ0n) is 16.0. The molecule has 0 fully saturated rings. The quantitative estimate of drug-likeness (QED) is 0.806. The Morgan fingerprint density at radius 3 is 2.86 bits per heavy atom. The predicted molar refractivity (Wildman–Crippen MR) is 110 cm³/mol. The van der Waals surface area contributed by atoms with E-state index in [4.69, 9.17) is 0 Å². The third kappa shape index (κ3) is 3.98. The van der Waals surface area contributed by atoms with E-state index in [-0.39, 0.29) is 11.8 Å². The van der Waals surface area contributed by atoms with Gasteiger partial charge in [0.1, 0.15) is 5.69 Å². The first-order valence-corrected chi connectivity index (χ1v) is 10.0. The number of carbonyl (C=O) groups excluding carboxylic acids is 2. The smallest absolute Gasteiger partial charge is 0.276 e. The van der Waals surface area contributed by atoms with Gasteiger partial charge in [0.05, 0.1) is 0 Å². The van der Waals surface area contributed by atoms with Crippen LogP contribution in [0.4, 0.5) is 5.69 Å². The number of hydrogen-bond acceptors (Lipinski definition) is 3. The number of rotatable bonds is 5. The van der Waals surface area contributed by atoms with E-state index in [1.54, 1.807) is 17.0 Å². The second-order valence-corrected chi connectivity index (χ2v) is 7.38. The summed E-state index contributed by atoms with van der Waals surface area (Å²) in [5.74, 6) is -0.318. The van der Waals surface area contributed by atoms with Gasteiger partial charge in [-0.1, -0.05) is 29.8 Å². The molecule has 2 heterocycles. The monoisotopic (exact) mass is 375 g/mol. The summed E-state index contributed by atoms with van der Waals surface area (Å²) in [5, 5.41) is 2.97. The van der Waals surface area contributed by atoms with Gasteiger partial charge in [-0.15, -0.1) is 0 Å². The second-order valence-electron chi connectivity index (χ2n) is 7.38. The molecule has 144 valence electrons. The molecule has 1 aliphatic carbocycles. The summed E-state index contributed by atoms with van der Waals surface area (Å²) >= 11 is 0. The Bertz CT molecular complexity index is 920. The average Bonchev–Trinajstić information content (AvgIpc) is 3.18. The Balaban J connectivity index is 1.40. The van der Waals surface area contributed by atoms with Gasteiger partial charge in [-0.3, -0.25) is 14.6 Å². The lowest BCUT2D eigenvalue weighted by atomic mass is 9.97. The van der Waals surface area contributed by atoms with E-state index < -0.39 is 0 Å². The summed E-state index contributed by atoms with van der Waals surface area (Å²) in [6.45, 7) is 1.27. The zero-order chi connectivity index (χ0) is 19.3. The molecule has 5 heteroatoms. The normalized spacial score (nSPS) is 15.7. The predicted octanol–water partition coefficient (Wildman–Crippen LogP) is 3.90. The molecule has 0 saturated heterocycles. The van der Waals surface area contributed by atoms with Crippen molar-refractivity contribution >= 4 is 17.5 Å². The van der Waals surface area contributed by atoms with Gasteiger partial charge in [-0.25, -0.2) is 0 Å². The van der Waals surface area contributed by atoms with Crippen molar-refractivity contribution in [2.24, 2.45) is 0 Å². The van der Waals surface area contributed by atoms with Crippen molar-refractivity contribution in [3.05, 3.63) is 71.1 Å². The van der Waals surface area contributed by atoms with Crippen molar-refractivity contribution in [3.8, 4) is 0 Å². The number of fused-ring (bicyclic) bond motifs is 1. The maximum absolute atomic E-state index is 12.9. The SMILES string of the molecule is O=C(NCCC1=CCCCC1)c1ccnc(C(=O)N2CCc3ccccc32)c1. The van der Waals surface area contributed by atoms with Crippen LogP contribution < -0.4 is 10.2 Å². The number of allylic oxidation sites excluding steroid dienone is 1. The minimum absolute atomic E-state index is 0.158. The topological polar surface area (TPSA) is 62.3 Å². The first-order chi connectivity index (χ1) is 13.7. The van der Waals surface area contributed by atoms with Crippen LogP contribution in [-0.4, -0.2) is 29.9 Å². The summed E-state index contributed by atoms with van der Waals surface area (Å²) in [5.41, 5.74) is 4.32. The van der Waals surface area contributed by atoms with Gasteiger partial charge in [0, 0.05) is 30.5 Å². The molecule has 2 aliphatic rings. The van der Waals surface area contributed by atoms with Crippen LogP contribution in [0.25, 0.3) is 0 Å². The number of pyridine rings is 1. The van der Waals surface area contributed by atoms with Crippen molar-refractivity contribution < 1.29 is 9.59 Å². The number of carbonyl (C=O) groups is 2. The fraction of sp³-hybridized carbons (Fsp3) is 0.348. The van der Waals surface area contributed by atoms with Crippen molar-refractivity contribution in [2.75, 3.05) is 18.0 Å². The minimum Gasteiger partial charge on any atom is -0.352 e. The molecule has 0 saturated carbocycles. The summed E-state index contributed by atoms with van der Waals surface area (Å²) in [7, 11) is 0. The van der Waals surface area contributed by atoms with E-state index in [0.29, 0.717) is 24.3 Å². The Hall–Kier alpha value is -2.95. The second kappa shape index (κ2) is 8.38. The molecule has 5 nitrogen and oxygen atoms in total. The highest BCUT2D eigenvalue weighted by Gasteiger charge is 2.26. The van der Waals surface area contributed by atoms with Crippen LogP contribution in [-0.2, 0) is 6.42 Å². The average molecular weight is 375 g/mol. The van der Waals surface area contributed by atoms with Gasteiger partial charge >= 0.3 is 0 Å². The van der Waals surface area contributed by atoms with Crippen LogP contribution in [0.2, 0.25) is 0 Å². The standard InChI is InChI=1S/C23H25N3O2/c27-22(25-13-10-17-6-2-1-3-7-17)19-11-14-24-20(16-19)23(28)26-15-12-18-8-4-5-9-21(18)26/h4-6,8-9,11,14,16H,1-3,7,10,12-13,15H2,(H,25,27). The minimum atomic E-state index is -0.160. The highest BCUT2D eigenvalue weighted by atomic mass is 16.2. The van der Waals surface area contributed by atoms with Gasteiger partial charge in [0.25, 0.3) is 11.8 Å². The molecule has 1 aromatic carbocycles. The van der Waals surface area contributed by atoms with Crippen molar-refractivity contribution in [1.82, 2.24) is 10.3 Å². The molecule has 4 rings (SSSR count). The van der Waals surface area contributed by atoms with Crippen LogP contribution in [0.3, 0.4) is 0 Å². The summed E-state index contributed by atoms with van der Waals surface area (Å²) in [6.07, 6.45) is 10.4.